The topological polar surface area (TPSA) is 51.2 Å². The molecule has 2 aromatic rings. The fourth-order valence-electron chi connectivity index (χ4n) is 2.94. The minimum absolute atomic E-state index is 0.0406. The molecule has 0 radical (unpaired) electrons. The van der Waals surface area contributed by atoms with Gasteiger partial charge in [-0.25, -0.2) is 4.98 Å². The maximum atomic E-state index is 12.5. The Kier molecular flexibility index (Phi) is 6.37. The molecule has 0 spiro atoms. The Balaban J connectivity index is 2.11. The van der Waals surface area contributed by atoms with E-state index in [0.717, 1.165) is 22.0 Å². The first kappa shape index (κ1) is 18.5. The molecule has 0 saturated carbocycles. The lowest BCUT2D eigenvalue weighted by atomic mass is 9.91. The summed E-state index contributed by atoms with van der Waals surface area (Å²) < 4.78 is 5.24. The first-order valence-corrected chi connectivity index (χ1v) is 9.11. The molecule has 24 heavy (non-hydrogen) atoms. The average Bonchev–Trinajstić information content (AvgIpc) is 2.86. The van der Waals surface area contributed by atoms with Crippen molar-refractivity contribution in [3.8, 4) is 5.88 Å². The zero-order chi connectivity index (χ0) is 17.7. The number of aromatic nitrogens is 1. The van der Waals surface area contributed by atoms with Gasteiger partial charge < -0.3 is 10.1 Å². The lowest BCUT2D eigenvalue weighted by Gasteiger charge is -2.18. The van der Waals surface area contributed by atoms with Gasteiger partial charge in [0.15, 0.2) is 0 Å². The van der Waals surface area contributed by atoms with E-state index >= 15 is 0 Å². The number of methoxy groups -OCH3 is 1. The molecule has 130 valence electrons. The molecule has 1 aromatic carbocycles. The summed E-state index contributed by atoms with van der Waals surface area (Å²) in [4.78, 5) is 17.6. The molecule has 0 bridgehead atoms. The molecule has 5 heteroatoms. The molecule has 4 nitrogen and oxygen atoms in total. The van der Waals surface area contributed by atoms with Gasteiger partial charge in [-0.3, -0.25) is 4.79 Å². The van der Waals surface area contributed by atoms with Crippen LogP contribution in [0.25, 0.3) is 0 Å². The van der Waals surface area contributed by atoms with E-state index in [1.165, 1.54) is 16.9 Å². The van der Waals surface area contributed by atoms with Gasteiger partial charge in [-0.2, -0.15) is 0 Å². The van der Waals surface area contributed by atoms with Crippen LogP contribution in [-0.4, -0.2) is 18.0 Å². The molecular formula is C19H26N2O2S. The Bertz CT molecular complexity index is 694. The fraction of sp³-hybridized carbons (Fsp3) is 0.474. The third-order valence-corrected chi connectivity index (χ3v) is 4.83. The number of para-hydroxylation sites is 1. The molecule has 1 N–H and O–H groups in total. The highest BCUT2D eigenvalue weighted by Gasteiger charge is 2.17. The van der Waals surface area contributed by atoms with Crippen molar-refractivity contribution in [3.63, 3.8) is 0 Å². The van der Waals surface area contributed by atoms with Gasteiger partial charge in [0, 0.05) is 5.69 Å². The van der Waals surface area contributed by atoms with Crippen molar-refractivity contribution < 1.29 is 9.53 Å². The number of hydrogen-bond donors (Lipinski definition) is 1. The number of amides is 1. The average molecular weight is 346 g/mol. The van der Waals surface area contributed by atoms with Crippen LogP contribution in [0, 0.1) is 12.8 Å². The summed E-state index contributed by atoms with van der Waals surface area (Å²) in [5.74, 6) is 1.53. The molecule has 1 heterocycles. The van der Waals surface area contributed by atoms with E-state index in [0.29, 0.717) is 17.7 Å². The maximum Gasteiger partial charge on any atom is 0.229 e. The number of rotatable bonds is 7. The molecule has 1 aromatic heterocycles. The summed E-state index contributed by atoms with van der Waals surface area (Å²) in [5.41, 5.74) is 2.09. The summed E-state index contributed by atoms with van der Waals surface area (Å²) in [6.07, 6.45) is 1.37. The monoisotopic (exact) mass is 346 g/mol. The maximum absolute atomic E-state index is 12.5. The zero-order valence-electron chi connectivity index (χ0n) is 15.1. The molecular weight excluding hydrogens is 320 g/mol. The van der Waals surface area contributed by atoms with Gasteiger partial charge in [0.2, 0.25) is 11.8 Å². The smallest absolute Gasteiger partial charge is 0.229 e. The first-order chi connectivity index (χ1) is 11.4. The van der Waals surface area contributed by atoms with E-state index in [4.69, 9.17) is 4.74 Å². The van der Waals surface area contributed by atoms with Crippen LogP contribution in [0.15, 0.2) is 24.3 Å². The molecule has 1 unspecified atom stereocenters. The van der Waals surface area contributed by atoms with Crippen molar-refractivity contribution in [3.05, 3.63) is 39.7 Å². The number of hydrogen-bond acceptors (Lipinski definition) is 4. The molecule has 0 fully saturated rings. The van der Waals surface area contributed by atoms with Crippen LogP contribution in [-0.2, 0) is 11.2 Å². The van der Waals surface area contributed by atoms with Gasteiger partial charge in [0.25, 0.3) is 0 Å². The Labute approximate surface area is 148 Å². The molecule has 0 saturated heterocycles. The van der Waals surface area contributed by atoms with E-state index in [1.54, 1.807) is 7.11 Å². The van der Waals surface area contributed by atoms with Gasteiger partial charge >= 0.3 is 0 Å². The van der Waals surface area contributed by atoms with E-state index in [9.17, 15) is 4.79 Å². The summed E-state index contributed by atoms with van der Waals surface area (Å²) in [5, 5.41) is 3.96. The summed E-state index contributed by atoms with van der Waals surface area (Å²) in [6.45, 7) is 8.56. The molecule has 1 amide bonds. The number of nitrogens with one attached hydrogen (secondary N) is 1. The van der Waals surface area contributed by atoms with Crippen LogP contribution in [0.3, 0.4) is 0 Å². The number of benzene rings is 1. The number of nitrogens with zero attached hydrogens (tertiary/aromatic N) is 1. The number of carbonyl (C=O) groups is 1. The minimum Gasteiger partial charge on any atom is -0.480 e. The second-order valence-corrected chi connectivity index (χ2v) is 7.80. The Morgan fingerprint density at radius 1 is 1.29 bits per heavy atom. The Morgan fingerprint density at radius 3 is 2.67 bits per heavy atom. The van der Waals surface area contributed by atoms with Crippen LogP contribution >= 0.6 is 11.3 Å². The molecule has 0 aliphatic carbocycles. The largest absolute Gasteiger partial charge is 0.480 e. The van der Waals surface area contributed by atoms with Crippen molar-refractivity contribution in [2.75, 3.05) is 12.4 Å². The van der Waals surface area contributed by atoms with Gasteiger partial charge in [-0.15, -0.1) is 11.3 Å². The quantitative estimate of drug-likeness (QED) is 0.784. The minimum atomic E-state index is -0.0406. The van der Waals surface area contributed by atoms with E-state index in [-0.39, 0.29) is 12.3 Å². The normalized spacial score (nSPS) is 12.2. The third-order valence-electron chi connectivity index (χ3n) is 3.87. The van der Waals surface area contributed by atoms with Crippen LogP contribution in [0.1, 0.15) is 48.6 Å². The lowest BCUT2D eigenvalue weighted by Crippen LogP contribution is -2.16. The molecule has 2 rings (SSSR count). The highest BCUT2D eigenvalue weighted by molar-refractivity contribution is 7.12. The predicted octanol–water partition coefficient (Wildman–Crippen LogP) is 4.79. The van der Waals surface area contributed by atoms with Gasteiger partial charge in [0.1, 0.15) is 0 Å². The standard InChI is InChI=1S/C19H26N2O2S/c1-12(2)10-13(3)15-8-6-7-9-16(15)21-18(22)11-17-19(23-5)20-14(4)24-17/h6-9,12-13H,10-11H2,1-5H3,(H,21,22). The summed E-state index contributed by atoms with van der Waals surface area (Å²) >= 11 is 1.50. The molecule has 1 atom stereocenters. The number of ether oxygens (including phenoxy) is 1. The number of thiazole rings is 1. The zero-order valence-corrected chi connectivity index (χ0v) is 15.9. The third kappa shape index (κ3) is 4.81. The second kappa shape index (κ2) is 8.29. The van der Waals surface area contributed by atoms with E-state index in [2.05, 4.69) is 37.1 Å². The van der Waals surface area contributed by atoms with Gasteiger partial charge in [0.05, 0.1) is 23.4 Å². The van der Waals surface area contributed by atoms with Crippen molar-refractivity contribution in [2.45, 2.75) is 46.5 Å². The predicted molar refractivity (Wildman–Crippen MR) is 100 cm³/mol. The summed E-state index contributed by atoms with van der Waals surface area (Å²) in [7, 11) is 1.58. The highest BCUT2D eigenvalue weighted by Crippen LogP contribution is 2.30. The van der Waals surface area contributed by atoms with Crippen molar-refractivity contribution in [1.29, 1.82) is 0 Å². The summed E-state index contributed by atoms with van der Waals surface area (Å²) in [6, 6.07) is 8.05. The van der Waals surface area contributed by atoms with Crippen LogP contribution < -0.4 is 10.1 Å². The molecule has 0 aliphatic rings. The van der Waals surface area contributed by atoms with Crippen LogP contribution in [0.4, 0.5) is 5.69 Å². The van der Waals surface area contributed by atoms with Gasteiger partial charge in [-0.1, -0.05) is 39.0 Å². The lowest BCUT2D eigenvalue weighted by molar-refractivity contribution is -0.115. The number of aryl methyl sites for hydroxylation is 1. The number of carbonyl (C=O) groups excluding carboxylic acids is 1. The van der Waals surface area contributed by atoms with Crippen molar-refractivity contribution in [1.82, 2.24) is 4.98 Å². The van der Waals surface area contributed by atoms with Crippen molar-refractivity contribution >= 4 is 22.9 Å². The second-order valence-electron chi connectivity index (χ2n) is 6.51. The highest BCUT2D eigenvalue weighted by atomic mass is 32.1. The molecule has 0 aliphatic heterocycles. The van der Waals surface area contributed by atoms with Crippen molar-refractivity contribution in [2.24, 2.45) is 5.92 Å². The van der Waals surface area contributed by atoms with E-state index in [1.807, 2.05) is 25.1 Å². The SMILES string of the molecule is COc1nc(C)sc1CC(=O)Nc1ccccc1C(C)CC(C)C. The van der Waals surface area contributed by atoms with Crippen LogP contribution in [0.2, 0.25) is 0 Å². The van der Waals surface area contributed by atoms with Gasteiger partial charge in [-0.05, 0) is 36.8 Å². The Morgan fingerprint density at radius 2 is 2.00 bits per heavy atom. The number of anilines is 1. The Hall–Kier alpha value is -1.88. The van der Waals surface area contributed by atoms with Crippen LogP contribution in [0.5, 0.6) is 5.88 Å². The first-order valence-electron chi connectivity index (χ1n) is 8.29. The fourth-order valence-corrected chi connectivity index (χ4v) is 3.84. The van der Waals surface area contributed by atoms with E-state index < -0.39 is 0 Å².